The van der Waals surface area contributed by atoms with Crippen LogP contribution in [0.3, 0.4) is 0 Å². The standard InChI is InChI=1S/C7H15N.CH2O2/c1-8(2)6-7-4-3-5-7;2-1-3/h7H,3-6H2,1-2H3;1H,(H,2,3). The summed E-state index contributed by atoms with van der Waals surface area (Å²) < 4.78 is 0. The molecule has 3 nitrogen and oxygen atoms in total. The fraction of sp³-hybridized carbons (Fsp3) is 0.875. The average Bonchev–Trinajstić information content (AvgIpc) is 1.81. The third-order valence-corrected chi connectivity index (χ3v) is 1.92. The van der Waals surface area contributed by atoms with Gasteiger partial charge in [-0.05, 0) is 12.8 Å². The summed E-state index contributed by atoms with van der Waals surface area (Å²) in [5.74, 6) is 1.07. The van der Waals surface area contributed by atoms with Crippen molar-refractivity contribution in [3.05, 3.63) is 0 Å². The Morgan fingerprint density at radius 1 is 1.55 bits per heavy atom. The molecule has 1 saturated carbocycles. The number of nitrogens with one attached hydrogen (secondary N) is 1. The summed E-state index contributed by atoms with van der Waals surface area (Å²) >= 11 is 0. The van der Waals surface area contributed by atoms with Gasteiger partial charge in [0.1, 0.15) is 0 Å². The summed E-state index contributed by atoms with van der Waals surface area (Å²) in [6.45, 7) is 0.889. The summed E-state index contributed by atoms with van der Waals surface area (Å²) in [7, 11) is 4.47. The van der Waals surface area contributed by atoms with Crippen molar-refractivity contribution in [1.29, 1.82) is 0 Å². The normalized spacial score (nSPS) is 16.6. The van der Waals surface area contributed by atoms with Crippen LogP contribution in [-0.2, 0) is 4.79 Å². The lowest BCUT2D eigenvalue weighted by Gasteiger charge is -2.25. The fourth-order valence-corrected chi connectivity index (χ4v) is 1.27. The molecule has 1 fully saturated rings. The quantitative estimate of drug-likeness (QED) is 0.488. The Labute approximate surface area is 68.0 Å². The molecule has 0 heterocycles. The third-order valence-electron chi connectivity index (χ3n) is 1.92. The van der Waals surface area contributed by atoms with Gasteiger partial charge in [0.25, 0.3) is 0 Å². The second-order valence-electron chi connectivity index (χ2n) is 3.30. The molecule has 11 heavy (non-hydrogen) atoms. The number of hydrogen-bond acceptors (Lipinski definition) is 2. The highest BCUT2D eigenvalue weighted by Crippen LogP contribution is 2.24. The summed E-state index contributed by atoms with van der Waals surface area (Å²) in [6, 6.07) is 0. The molecule has 0 aromatic carbocycles. The van der Waals surface area contributed by atoms with Crippen molar-refractivity contribution in [2.45, 2.75) is 19.3 Å². The lowest BCUT2D eigenvalue weighted by molar-refractivity contribution is -0.862. The SMILES string of the molecule is C[NH+](C)CC1CCC1.O=C[O-]. The largest absolute Gasteiger partial charge is 0.554 e. The van der Waals surface area contributed by atoms with Gasteiger partial charge in [0, 0.05) is 12.4 Å². The molecule has 0 bridgehead atoms. The summed E-state index contributed by atoms with van der Waals surface area (Å²) in [5, 5.41) is 8.25. The Kier molecular flexibility index (Phi) is 5.84. The van der Waals surface area contributed by atoms with Crippen LogP contribution in [0.15, 0.2) is 0 Å². The Morgan fingerprint density at radius 3 is 2.09 bits per heavy atom. The number of quaternary nitrogens is 1. The number of rotatable bonds is 2. The van der Waals surface area contributed by atoms with E-state index in [2.05, 4.69) is 14.1 Å². The zero-order chi connectivity index (χ0) is 8.69. The van der Waals surface area contributed by atoms with Gasteiger partial charge in [-0.3, -0.25) is 0 Å². The molecule has 0 saturated heterocycles. The number of carbonyl (C=O) groups is 1. The van der Waals surface area contributed by atoms with Gasteiger partial charge in [-0.2, -0.15) is 0 Å². The van der Waals surface area contributed by atoms with Crippen molar-refractivity contribution in [3.63, 3.8) is 0 Å². The van der Waals surface area contributed by atoms with Crippen LogP contribution in [0.5, 0.6) is 0 Å². The highest BCUT2D eigenvalue weighted by Gasteiger charge is 2.19. The molecule has 1 N–H and O–H groups in total. The molecule has 1 aliphatic rings. The van der Waals surface area contributed by atoms with E-state index in [0.717, 1.165) is 5.92 Å². The topological polar surface area (TPSA) is 44.6 Å². The first-order valence-corrected chi connectivity index (χ1v) is 4.05. The zero-order valence-electron chi connectivity index (χ0n) is 7.30. The summed E-state index contributed by atoms with van der Waals surface area (Å²) in [6.07, 6.45) is 4.47. The summed E-state index contributed by atoms with van der Waals surface area (Å²) in [4.78, 5) is 9.86. The van der Waals surface area contributed by atoms with E-state index in [1.54, 1.807) is 4.90 Å². The highest BCUT2D eigenvalue weighted by atomic mass is 16.3. The zero-order valence-corrected chi connectivity index (χ0v) is 7.30. The van der Waals surface area contributed by atoms with E-state index in [-0.39, 0.29) is 0 Å². The number of hydrogen-bond donors (Lipinski definition) is 1. The molecule has 66 valence electrons. The van der Waals surface area contributed by atoms with E-state index in [9.17, 15) is 0 Å². The highest BCUT2D eigenvalue weighted by molar-refractivity contribution is 5.29. The molecule has 0 aliphatic heterocycles. The molecule has 1 rings (SSSR count). The van der Waals surface area contributed by atoms with Gasteiger partial charge in [-0.25, -0.2) is 0 Å². The van der Waals surface area contributed by atoms with E-state index < -0.39 is 6.47 Å². The minimum Gasteiger partial charge on any atom is -0.554 e. The van der Waals surface area contributed by atoms with Crippen LogP contribution in [-0.4, -0.2) is 27.1 Å². The number of carbonyl (C=O) groups excluding carboxylic acids is 1. The molecule has 3 heteroatoms. The van der Waals surface area contributed by atoms with E-state index in [4.69, 9.17) is 9.90 Å². The minimum atomic E-state index is -0.500. The molecular formula is C8H17NO2. The first-order valence-electron chi connectivity index (χ1n) is 4.05. The van der Waals surface area contributed by atoms with Gasteiger partial charge in [0.2, 0.25) is 0 Å². The monoisotopic (exact) mass is 159 g/mol. The molecule has 0 aromatic heterocycles. The van der Waals surface area contributed by atoms with Crippen LogP contribution in [0, 0.1) is 5.92 Å². The van der Waals surface area contributed by atoms with Gasteiger partial charge in [0.05, 0.1) is 20.6 Å². The van der Waals surface area contributed by atoms with Crippen LogP contribution in [0.25, 0.3) is 0 Å². The van der Waals surface area contributed by atoms with Crippen molar-refractivity contribution in [2.75, 3.05) is 20.6 Å². The average molecular weight is 159 g/mol. The van der Waals surface area contributed by atoms with Crippen molar-refractivity contribution >= 4 is 6.47 Å². The van der Waals surface area contributed by atoms with Crippen LogP contribution >= 0.6 is 0 Å². The van der Waals surface area contributed by atoms with E-state index in [1.807, 2.05) is 0 Å². The van der Waals surface area contributed by atoms with Gasteiger partial charge >= 0.3 is 0 Å². The predicted octanol–water partition coefficient (Wildman–Crippen LogP) is -1.70. The van der Waals surface area contributed by atoms with Gasteiger partial charge < -0.3 is 14.8 Å². The van der Waals surface area contributed by atoms with E-state index in [0.29, 0.717) is 0 Å². The number of carboxylic acid groups (broad SMARTS) is 1. The Bertz CT molecular complexity index is 100. The van der Waals surface area contributed by atoms with Crippen LogP contribution < -0.4 is 10.0 Å². The third kappa shape index (κ3) is 5.85. The van der Waals surface area contributed by atoms with E-state index in [1.165, 1.54) is 25.8 Å². The summed E-state index contributed by atoms with van der Waals surface area (Å²) in [5.41, 5.74) is 0. The maximum atomic E-state index is 8.25. The molecule has 0 radical (unpaired) electrons. The second-order valence-corrected chi connectivity index (χ2v) is 3.30. The molecular weight excluding hydrogens is 142 g/mol. The molecule has 1 aliphatic carbocycles. The first-order chi connectivity index (χ1) is 5.20. The van der Waals surface area contributed by atoms with Gasteiger partial charge in [-0.15, -0.1) is 0 Å². The van der Waals surface area contributed by atoms with Crippen molar-refractivity contribution in [1.82, 2.24) is 0 Å². The Hall–Kier alpha value is -0.570. The van der Waals surface area contributed by atoms with Crippen LogP contribution in [0.1, 0.15) is 19.3 Å². The molecule has 0 amide bonds. The second kappa shape index (κ2) is 6.16. The Balaban J connectivity index is 0.000000292. The predicted molar refractivity (Wildman–Crippen MR) is 41.1 cm³/mol. The maximum absolute atomic E-state index is 8.25. The molecule has 0 spiro atoms. The molecule has 0 aromatic rings. The van der Waals surface area contributed by atoms with E-state index >= 15 is 0 Å². The first kappa shape index (κ1) is 10.4. The smallest absolute Gasteiger partial charge is 0.0795 e. The lowest BCUT2D eigenvalue weighted by atomic mass is 9.85. The van der Waals surface area contributed by atoms with Crippen LogP contribution in [0.2, 0.25) is 0 Å². The minimum absolute atomic E-state index is 0.500. The lowest BCUT2D eigenvalue weighted by Crippen LogP contribution is -3.06. The van der Waals surface area contributed by atoms with Gasteiger partial charge in [0.15, 0.2) is 0 Å². The van der Waals surface area contributed by atoms with Crippen molar-refractivity contribution in [2.24, 2.45) is 5.92 Å². The van der Waals surface area contributed by atoms with Crippen LogP contribution in [0.4, 0.5) is 0 Å². The Morgan fingerprint density at radius 2 is 2.00 bits per heavy atom. The molecule has 0 atom stereocenters. The van der Waals surface area contributed by atoms with Crippen molar-refractivity contribution in [3.8, 4) is 0 Å². The van der Waals surface area contributed by atoms with Crippen molar-refractivity contribution < 1.29 is 14.8 Å². The fourth-order valence-electron chi connectivity index (χ4n) is 1.27. The van der Waals surface area contributed by atoms with Gasteiger partial charge in [-0.1, -0.05) is 6.42 Å². The maximum Gasteiger partial charge on any atom is 0.0795 e. The molecule has 0 unspecified atom stereocenters.